The fourth-order valence-corrected chi connectivity index (χ4v) is 2.15. The van der Waals surface area contributed by atoms with Gasteiger partial charge in [-0.3, -0.25) is 4.79 Å². The lowest BCUT2D eigenvalue weighted by atomic mass is 9.95. The van der Waals surface area contributed by atoms with Crippen molar-refractivity contribution < 1.29 is 40.2 Å². The van der Waals surface area contributed by atoms with E-state index in [0.29, 0.717) is 12.0 Å². The molecule has 1 aromatic rings. The first-order valence-corrected chi connectivity index (χ1v) is 7.58. The van der Waals surface area contributed by atoms with Crippen molar-refractivity contribution in [2.75, 3.05) is 13.2 Å². The van der Waals surface area contributed by atoms with E-state index in [4.69, 9.17) is 14.9 Å². The zero-order valence-corrected chi connectivity index (χ0v) is 13.4. The lowest BCUT2D eigenvalue weighted by Crippen LogP contribution is -2.42. The normalized spacial score (nSPS) is 16.2. The highest BCUT2D eigenvalue weighted by molar-refractivity contribution is 5.69. The smallest absolute Gasteiger partial charge is 0.305 e. The Kier molecular flexibility index (Phi) is 7.93. The first-order valence-electron chi connectivity index (χ1n) is 7.58. The summed E-state index contributed by atoms with van der Waals surface area (Å²) in [5, 5.41) is 55.8. The number of aliphatic hydroxyl groups excluding tert-OH is 4. The van der Waals surface area contributed by atoms with Gasteiger partial charge in [0.15, 0.2) is 0 Å². The molecule has 0 bridgehead atoms. The number of carbonyl (C=O) groups is 1. The Morgan fingerprint density at radius 2 is 1.83 bits per heavy atom. The lowest BCUT2D eigenvalue weighted by Gasteiger charge is -2.21. The van der Waals surface area contributed by atoms with Crippen molar-refractivity contribution in [3.05, 3.63) is 23.8 Å². The fraction of sp³-hybridized carbons (Fsp3) is 0.562. The zero-order chi connectivity index (χ0) is 18.3. The van der Waals surface area contributed by atoms with Gasteiger partial charge in [0.1, 0.15) is 36.4 Å². The molecule has 0 heterocycles. The molecule has 8 heteroatoms. The van der Waals surface area contributed by atoms with Gasteiger partial charge in [0, 0.05) is 12.5 Å². The van der Waals surface area contributed by atoms with Gasteiger partial charge in [0.2, 0.25) is 0 Å². The highest BCUT2D eigenvalue weighted by atomic mass is 16.5. The molecule has 0 aliphatic heterocycles. The van der Waals surface area contributed by atoms with E-state index in [2.05, 4.69) is 0 Å². The van der Waals surface area contributed by atoms with Crippen LogP contribution in [0, 0.1) is 0 Å². The summed E-state index contributed by atoms with van der Waals surface area (Å²) in [7, 11) is 0. The molecule has 0 saturated heterocycles. The van der Waals surface area contributed by atoms with Gasteiger partial charge in [0.05, 0.1) is 6.61 Å². The maximum Gasteiger partial charge on any atom is 0.305 e. The van der Waals surface area contributed by atoms with Crippen LogP contribution in [0.5, 0.6) is 11.5 Å². The van der Waals surface area contributed by atoms with Crippen molar-refractivity contribution in [3.8, 4) is 11.5 Å². The van der Waals surface area contributed by atoms with Crippen molar-refractivity contribution in [3.63, 3.8) is 0 Å². The quantitative estimate of drug-likeness (QED) is 0.332. The van der Waals surface area contributed by atoms with Gasteiger partial charge in [0.25, 0.3) is 0 Å². The molecular formula is C16H24O8. The van der Waals surface area contributed by atoms with E-state index in [9.17, 15) is 25.2 Å². The summed E-state index contributed by atoms with van der Waals surface area (Å²) >= 11 is 0. The van der Waals surface area contributed by atoms with Gasteiger partial charge in [-0.1, -0.05) is 13.0 Å². The average Bonchev–Trinajstić information content (AvgIpc) is 2.55. The van der Waals surface area contributed by atoms with Gasteiger partial charge in [-0.15, -0.1) is 0 Å². The third-order valence-electron chi connectivity index (χ3n) is 3.72. The molecule has 24 heavy (non-hydrogen) atoms. The van der Waals surface area contributed by atoms with Crippen LogP contribution in [0.1, 0.15) is 31.2 Å². The highest BCUT2D eigenvalue weighted by Gasteiger charge is 2.25. The van der Waals surface area contributed by atoms with Crippen molar-refractivity contribution in [2.45, 2.75) is 44.0 Å². The molecule has 8 nitrogen and oxygen atoms in total. The second kappa shape index (κ2) is 9.43. The van der Waals surface area contributed by atoms with Crippen LogP contribution in [0.4, 0.5) is 0 Å². The van der Waals surface area contributed by atoms with Crippen molar-refractivity contribution >= 4 is 5.97 Å². The van der Waals surface area contributed by atoms with Gasteiger partial charge in [-0.2, -0.15) is 0 Å². The number of ether oxygens (including phenoxy) is 1. The summed E-state index contributed by atoms with van der Waals surface area (Å²) in [4.78, 5) is 11.7. The highest BCUT2D eigenvalue weighted by Crippen LogP contribution is 2.31. The van der Waals surface area contributed by atoms with E-state index in [1.165, 1.54) is 12.1 Å². The molecule has 6 N–H and O–H groups in total. The predicted molar refractivity (Wildman–Crippen MR) is 83.5 cm³/mol. The summed E-state index contributed by atoms with van der Waals surface area (Å²) in [6.07, 6.45) is -4.25. The van der Waals surface area contributed by atoms with Crippen LogP contribution in [0.25, 0.3) is 0 Å². The first kappa shape index (κ1) is 20.2. The Labute approximate surface area is 139 Å². The molecule has 0 aliphatic carbocycles. The van der Waals surface area contributed by atoms with Gasteiger partial charge >= 0.3 is 5.97 Å². The summed E-state index contributed by atoms with van der Waals surface area (Å²) < 4.78 is 4.81. The van der Waals surface area contributed by atoms with Gasteiger partial charge in [-0.05, 0) is 24.0 Å². The van der Waals surface area contributed by atoms with Crippen molar-refractivity contribution in [1.82, 2.24) is 0 Å². The number of hydrogen-bond acceptors (Lipinski definition) is 8. The average molecular weight is 344 g/mol. The topological polar surface area (TPSA) is 148 Å². The van der Waals surface area contributed by atoms with Crippen LogP contribution < -0.4 is 0 Å². The minimum absolute atomic E-state index is 0.0207. The fourth-order valence-electron chi connectivity index (χ4n) is 2.15. The first-order chi connectivity index (χ1) is 11.3. The van der Waals surface area contributed by atoms with Gasteiger partial charge in [-0.25, -0.2) is 0 Å². The predicted octanol–water partition coefficient (Wildman–Crippen LogP) is -0.400. The number of hydrogen-bond donors (Lipinski definition) is 6. The largest absolute Gasteiger partial charge is 0.508 e. The van der Waals surface area contributed by atoms with E-state index in [1.54, 1.807) is 13.0 Å². The number of aliphatic hydroxyl groups is 4. The molecule has 1 aromatic carbocycles. The SMILES string of the molecule is CC(CCC(=O)OC[C@@H](O)[C@H](O)[C@@H](O)CO)c1ccc(O)cc1O. The number of carbonyl (C=O) groups excluding carboxylic acids is 1. The monoisotopic (exact) mass is 344 g/mol. The Hall–Kier alpha value is -1.87. The second-order valence-electron chi connectivity index (χ2n) is 5.67. The number of rotatable bonds is 9. The summed E-state index contributed by atoms with van der Waals surface area (Å²) in [6.45, 7) is 0.575. The van der Waals surface area contributed by atoms with Crippen LogP contribution in [-0.4, -0.2) is 68.1 Å². The summed E-state index contributed by atoms with van der Waals surface area (Å²) in [5.74, 6) is -0.886. The van der Waals surface area contributed by atoms with Crippen LogP contribution in [0.2, 0.25) is 0 Å². The van der Waals surface area contributed by atoms with Crippen LogP contribution in [0.3, 0.4) is 0 Å². The number of esters is 1. The third kappa shape index (κ3) is 5.97. The molecule has 0 fully saturated rings. The Bertz CT molecular complexity index is 533. The molecular weight excluding hydrogens is 320 g/mol. The molecule has 0 spiro atoms. The van der Waals surface area contributed by atoms with Gasteiger partial charge < -0.3 is 35.4 Å². The molecule has 0 saturated carbocycles. The molecule has 136 valence electrons. The lowest BCUT2D eigenvalue weighted by molar-refractivity contribution is -0.152. The molecule has 0 amide bonds. The minimum Gasteiger partial charge on any atom is -0.508 e. The Morgan fingerprint density at radius 3 is 2.42 bits per heavy atom. The van der Waals surface area contributed by atoms with Crippen LogP contribution >= 0.6 is 0 Å². The Morgan fingerprint density at radius 1 is 1.17 bits per heavy atom. The Balaban J connectivity index is 2.40. The van der Waals surface area contributed by atoms with E-state index in [1.807, 2.05) is 0 Å². The number of aromatic hydroxyl groups is 2. The standard InChI is InChI=1S/C16H24O8/c1-9(11-4-3-10(18)6-12(11)19)2-5-15(22)24-8-14(21)16(23)13(20)7-17/h3-4,6,9,13-14,16-21,23H,2,5,7-8H2,1H3/t9?,13-,14+,16+/m0/s1. The minimum atomic E-state index is -1.62. The molecule has 0 aliphatic rings. The number of phenols is 2. The second-order valence-corrected chi connectivity index (χ2v) is 5.67. The third-order valence-corrected chi connectivity index (χ3v) is 3.72. The molecule has 4 atom stereocenters. The molecule has 1 rings (SSSR count). The van der Waals surface area contributed by atoms with Crippen molar-refractivity contribution in [2.24, 2.45) is 0 Å². The molecule has 0 aromatic heterocycles. The van der Waals surface area contributed by atoms with E-state index in [0.717, 1.165) is 0 Å². The number of phenolic OH excluding ortho intramolecular Hbond substituents is 2. The van der Waals surface area contributed by atoms with E-state index in [-0.39, 0.29) is 23.8 Å². The van der Waals surface area contributed by atoms with Crippen LogP contribution in [-0.2, 0) is 9.53 Å². The summed E-state index contributed by atoms with van der Waals surface area (Å²) in [6, 6.07) is 4.22. The maximum absolute atomic E-state index is 11.7. The zero-order valence-electron chi connectivity index (χ0n) is 13.4. The molecule has 1 unspecified atom stereocenters. The maximum atomic E-state index is 11.7. The van der Waals surface area contributed by atoms with E-state index >= 15 is 0 Å². The summed E-state index contributed by atoms with van der Waals surface area (Å²) in [5.41, 5.74) is 0.585. The number of benzene rings is 1. The van der Waals surface area contributed by atoms with E-state index < -0.39 is 37.5 Å². The molecule has 0 radical (unpaired) electrons. The van der Waals surface area contributed by atoms with Crippen LogP contribution in [0.15, 0.2) is 18.2 Å². The van der Waals surface area contributed by atoms with Crippen molar-refractivity contribution in [1.29, 1.82) is 0 Å².